The monoisotopic (exact) mass is 249 g/mol. The Bertz CT molecular complexity index is 400. The molecule has 2 atom stereocenters. The third-order valence-electron chi connectivity index (χ3n) is 4.54. The summed E-state index contributed by atoms with van der Waals surface area (Å²) in [5, 5.41) is 3.34. The molecule has 0 aromatic heterocycles. The number of rotatable bonds is 3. The molecule has 1 N–H and O–H groups in total. The molecule has 1 aliphatic carbocycles. The van der Waals surface area contributed by atoms with E-state index in [1.165, 1.54) is 25.7 Å². The molecule has 1 saturated carbocycles. The zero-order chi connectivity index (χ0) is 13.2. The molecule has 1 aliphatic rings. The van der Waals surface area contributed by atoms with Gasteiger partial charge in [0, 0.05) is 11.6 Å². The maximum atomic E-state index is 14.0. The molecule has 0 aliphatic heterocycles. The fourth-order valence-corrected chi connectivity index (χ4v) is 3.44. The van der Waals surface area contributed by atoms with Crippen LogP contribution in [0.2, 0.25) is 0 Å². The molecule has 100 valence electrons. The zero-order valence-electron chi connectivity index (χ0n) is 11.7. The molecule has 0 saturated heterocycles. The first-order valence-corrected chi connectivity index (χ1v) is 6.98. The van der Waals surface area contributed by atoms with E-state index in [1.807, 2.05) is 19.2 Å². The van der Waals surface area contributed by atoms with Crippen molar-refractivity contribution < 1.29 is 4.39 Å². The summed E-state index contributed by atoms with van der Waals surface area (Å²) in [6, 6.07) is 7.30. The number of halogens is 1. The van der Waals surface area contributed by atoms with Crippen LogP contribution < -0.4 is 5.32 Å². The van der Waals surface area contributed by atoms with Crippen molar-refractivity contribution in [2.45, 2.75) is 45.6 Å². The van der Waals surface area contributed by atoms with Gasteiger partial charge in [0.15, 0.2) is 0 Å². The van der Waals surface area contributed by atoms with Gasteiger partial charge >= 0.3 is 0 Å². The summed E-state index contributed by atoms with van der Waals surface area (Å²) in [5.41, 5.74) is 1.11. The van der Waals surface area contributed by atoms with Gasteiger partial charge in [-0.1, -0.05) is 44.9 Å². The molecule has 1 nitrogen and oxygen atoms in total. The summed E-state index contributed by atoms with van der Waals surface area (Å²) in [7, 11) is 1.95. The highest BCUT2D eigenvalue weighted by molar-refractivity contribution is 5.22. The Labute approximate surface area is 110 Å². The topological polar surface area (TPSA) is 12.0 Å². The quantitative estimate of drug-likeness (QED) is 0.842. The van der Waals surface area contributed by atoms with Gasteiger partial charge in [-0.3, -0.25) is 0 Å². The molecular formula is C16H24FN. The molecular weight excluding hydrogens is 225 g/mol. The van der Waals surface area contributed by atoms with Crippen LogP contribution in [0.1, 0.15) is 51.1 Å². The minimum absolute atomic E-state index is 0.0850. The first kappa shape index (κ1) is 13.5. The third kappa shape index (κ3) is 2.59. The van der Waals surface area contributed by atoms with Crippen LogP contribution >= 0.6 is 0 Å². The van der Waals surface area contributed by atoms with Gasteiger partial charge in [0.2, 0.25) is 0 Å². The van der Waals surface area contributed by atoms with Crippen molar-refractivity contribution >= 4 is 0 Å². The van der Waals surface area contributed by atoms with E-state index in [4.69, 9.17) is 0 Å². The molecule has 2 unspecified atom stereocenters. The summed E-state index contributed by atoms with van der Waals surface area (Å²) < 4.78 is 14.0. The molecule has 1 aromatic rings. The van der Waals surface area contributed by atoms with Gasteiger partial charge in [-0.05, 0) is 37.3 Å². The largest absolute Gasteiger partial charge is 0.313 e. The highest BCUT2D eigenvalue weighted by Gasteiger charge is 2.38. The van der Waals surface area contributed by atoms with Gasteiger partial charge in [0.25, 0.3) is 0 Å². The van der Waals surface area contributed by atoms with Crippen LogP contribution in [-0.2, 0) is 0 Å². The molecule has 18 heavy (non-hydrogen) atoms. The van der Waals surface area contributed by atoms with Crippen molar-refractivity contribution in [1.82, 2.24) is 5.32 Å². The second-order valence-corrected chi connectivity index (χ2v) is 6.13. The molecule has 0 bridgehead atoms. The Kier molecular flexibility index (Phi) is 4.06. The van der Waals surface area contributed by atoms with Crippen molar-refractivity contribution in [2.75, 3.05) is 7.05 Å². The minimum atomic E-state index is -0.0850. The maximum absolute atomic E-state index is 14.0. The molecule has 1 aromatic carbocycles. The maximum Gasteiger partial charge on any atom is 0.127 e. The van der Waals surface area contributed by atoms with Gasteiger partial charge in [-0.2, -0.15) is 0 Å². The van der Waals surface area contributed by atoms with Crippen LogP contribution in [0.3, 0.4) is 0 Å². The lowest BCUT2D eigenvalue weighted by Crippen LogP contribution is -2.38. The van der Waals surface area contributed by atoms with Crippen molar-refractivity contribution in [2.24, 2.45) is 11.3 Å². The number of benzene rings is 1. The van der Waals surface area contributed by atoms with E-state index in [2.05, 4.69) is 19.2 Å². The Balaban J connectivity index is 2.31. The molecule has 0 amide bonds. The highest BCUT2D eigenvalue weighted by Crippen LogP contribution is 2.46. The first-order chi connectivity index (χ1) is 8.56. The molecule has 1 fully saturated rings. The Morgan fingerprint density at radius 3 is 2.61 bits per heavy atom. The summed E-state index contributed by atoms with van der Waals surface area (Å²) >= 11 is 0. The summed E-state index contributed by atoms with van der Waals surface area (Å²) in [6.07, 6.45) is 5.00. The van der Waals surface area contributed by atoms with E-state index in [1.54, 1.807) is 12.1 Å². The average molecular weight is 249 g/mol. The van der Waals surface area contributed by atoms with Gasteiger partial charge in [-0.25, -0.2) is 4.39 Å². The van der Waals surface area contributed by atoms with Crippen molar-refractivity contribution in [3.63, 3.8) is 0 Å². The van der Waals surface area contributed by atoms with Gasteiger partial charge in [0.1, 0.15) is 5.82 Å². The highest BCUT2D eigenvalue weighted by atomic mass is 19.1. The van der Waals surface area contributed by atoms with E-state index in [9.17, 15) is 4.39 Å². The molecule has 0 heterocycles. The van der Waals surface area contributed by atoms with Crippen LogP contribution in [0.15, 0.2) is 24.3 Å². The molecule has 0 radical (unpaired) electrons. The van der Waals surface area contributed by atoms with Crippen LogP contribution in [0.4, 0.5) is 4.39 Å². The smallest absolute Gasteiger partial charge is 0.127 e. The Hall–Kier alpha value is -0.890. The van der Waals surface area contributed by atoms with Gasteiger partial charge in [0.05, 0.1) is 0 Å². The average Bonchev–Trinajstić information content (AvgIpc) is 2.34. The van der Waals surface area contributed by atoms with E-state index >= 15 is 0 Å². The summed E-state index contributed by atoms with van der Waals surface area (Å²) in [4.78, 5) is 0. The predicted molar refractivity (Wildman–Crippen MR) is 73.9 cm³/mol. The third-order valence-corrected chi connectivity index (χ3v) is 4.54. The lowest BCUT2D eigenvalue weighted by molar-refractivity contribution is 0.0999. The summed E-state index contributed by atoms with van der Waals surface area (Å²) in [6.45, 7) is 4.64. The van der Waals surface area contributed by atoms with Crippen LogP contribution in [0, 0.1) is 17.2 Å². The number of hydrogen-bond acceptors (Lipinski definition) is 1. The fourth-order valence-electron chi connectivity index (χ4n) is 3.44. The second-order valence-electron chi connectivity index (χ2n) is 6.13. The molecule has 0 spiro atoms. The number of hydrogen-bond donors (Lipinski definition) is 1. The standard InChI is InChI=1S/C16H24FN/c1-16(2)11-7-6-9-13(16)15(18-3)12-8-4-5-10-14(12)17/h4-5,8,10,13,15,18H,6-7,9,11H2,1-3H3. The Morgan fingerprint density at radius 1 is 1.28 bits per heavy atom. The van der Waals surface area contributed by atoms with E-state index < -0.39 is 0 Å². The minimum Gasteiger partial charge on any atom is -0.313 e. The Morgan fingerprint density at radius 2 is 2.00 bits per heavy atom. The fraction of sp³-hybridized carbons (Fsp3) is 0.625. The molecule has 2 heteroatoms. The zero-order valence-corrected chi connectivity index (χ0v) is 11.7. The van der Waals surface area contributed by atoms with Crippen molar-refractivity contribution in [3.05, 3.63) is 35.6 Å². The lowest BCUT2D eigenvalue weighted by atomic mass is 9.65. The van der Waals surface area contributed by atoms with Crippen molar-refractivity contribution in [1.29, 1.82) is 0 Å². The normalized spacial score (nSPS) is 24.8. The van der Waals surface area contributed by atoms with Gasteiger partial charge < -0.3 is 5.32 Å². The van der Waals surface area contributed by atoms with E-state index in [0.717, 1.165) is 5.56 Å². The SMILES string of the molecule is CNC(c1ccccc1F)C1CCCCC1(C)C. The summed E-state index contributed by atoms with van der Waals surface area (Å²) in [5.74, 6) is 0.423. The van der Waals surface area contributed by atoms with Gasteiger partial charge in [-0.15, -0.1) is 0 Å². The van der Waals surface area contributed by atoms with Crippen molar-refractivity contribution in [3.8, 4) is 0 Å². The van der Waals surface area contributed by atoms with Crippen LogP contribution in [0.5, 0.6) is 0 Å². The predicted octanol–water partition coefficient (Wildman–Crippen LogP) is 4.30. The van der Waals surface area contributed by atoms with Crippen LogP contribution in [0.25, 0.3) is 0 Å². The number of nitrogens with one attached hydrogen (secondary N) is 1. The van der Waals surface area contributed by atoms with Crippen LogP contribution in [-0.4, -0.2) is 7.05 Å². The first-order valence-electron chi connectivity index (χ1n) is 6.98. The van der Waals surface area contributed by atoms with E-state index in [-0.39, 0.29) is 17.3 Å². The lowest BCUT2D eigenvalue weighted by Gasteiger charge is -2.43. The molecule has 2 rings (SSSR count). The second kappa shape index (κ2) is 5.40. The van der Waals surface area contributed by atoms with E-state index in [0.29, 0.717) is 5.92 Å².